The summed E-state index contributed by atoms with van der Waals surface area (Å²) in [6.07, 6.45) is 0.374. The third-order valence-corrected chi connectivity index (χ3v) is 3.64. The second kappa shape index (κ2) is 7.62. The molecule has 0 fully saturated rings. The fourth-order valence-corrected chi connectivity index (χ4v) is 2.48. The van der Waals surface area contributed by atoms with Gasteiger partial charge in [0.1, 0.15) is 0 Å². The first-order chi connectivity index (χ1) is 10.6. The van der Waals surface area contributed by atoms with Gasteiger partial charge in [-0.2, -0.15) is 5.26 Å². The van der Waals surface area contributed by atoms with Gasteiger partial charge in [-0.05, 0) is 48.4 Å². The van der Waals surface area contributed by atoms with Crippen molar-refractivity contribution < 1.29 is 4.79 Å². The van der Waals surface area contributed by atoms with Crippen LogP contribution in [-0.2, 0) is 11.2 Å². The second-order valence-electron chi connectivity index (χ2n) is 4.89. The molecule has 0 saturated carbocycles. The van der Waals surface area contributed by atoms with Gasteiger partial charge in [0.05, 0.1) is 19.0 Å². The van der Waals surface area contributed by atoms with Crippen LogP contribution in [0.5, 0.6) is 0 Å². The van der Waals surface area contributed by atoms with E-state index in [0.29, 0.717) is 6.42 Å². The number of carbonyl (C=O) groups is 1. The molecule has 2 N–H and O–H groups in total. The quantitative estimate of drug-likeness (QED) is 0.853. The summed E-state index contributed by atoms with van der Waals surface area (Å²) in [4.78, 5) is 11.9. The molecule has 2 rings (SSSR count). The molecule has 0 atom stereocenters. The highest BCUT2D eigenvalue weighted by Crippen LogP contribution is 2.19. The number of carbonyl (C=O) groups excluding carboxylic acids is 1. The Bertz CT molecular complexity index is 705. The van der Waals surface area contributed by atoms with Gasteiger partial charge in [-0.15, -0.1) is 0 Å². The van der Waals surface area contributed by atoms with E-state index in [1.54, 1.807) is 12.1 Å². The average molecular weight is 358 g/mol. The summed E-state index contributed by atoms with van der Waals surface area (Å²) in [6.45, 7) is 2.18. The van der Waals surface area contributed by atoms with E-state index in [4.69, 9.17) is 5.26 Å². The molecule has 0 spiro atoms. The zero-order valence-corrected chi connectivity index (χ0v) is 13.8. The van der Waals surface area contributed by atoms with E-state index in [1.807, 2.05) is 37.3 Å². The van der Waals surface area contributed by atoms with Crippen LogP contribution in [0.3, 0.4) is 0 Å². The first-order valence-electron chi connectivity index (χ1n) is 6.84. The monoisotopic (exact) mass is 357 g/mol. The fraction of sp³-hybridized carbons (Fsp3) is 0.176. The summed E-state index contributed by atoms with van der Waals surface area (Å²) in [5.74, 6) is -0.115. The topological polar surface area (TPSA) is 64.9 Å². The lowest BCUT2D eigenvalue weighted by atomic mass is 10.1. The van der Waals surface area contributed by atoms with Crippen LogP contribution in [0.15, 0.2) is 46.9 Å². The standard InChI is InChI=1S/C17H16BrN3O/c1-12-10-14(18)4-7-16(12)20-11-17(22)21-15-5-2-13(3-6-15)8-9-19/h2-7,10,20H,8,11H2,1H3,(H,21,22). The molecule has 0 unspecified atom stereocenters. The molecule has 0 saturated heterocycles. The number of rotatable bonds is 5. The Morgan fingerprint density at radius 3 is 2.59 bits per heavy atom. The van der Waals surface area contributed by atoms with Gasteiger partial charge >= 0.3 is 0 Å². The Labute approximate surface area is 138 Å². The van der Waals surface area contributed by atoms with Crippen molar-refractivity contribution in [3.63, 3.8) is 0 Å². The Hall–Kier alpha value is -2.32. The van der Waals surface area contributed by atoms with Crippen LogP contribution in [0, 0.1) is 18.3 Å². The summed E-state index contributed by atoms with van der Waals surface area (Å²) in [6, 6.07) is 15.2. The summed E-state index contributed by atoms with van der Waals surface area (Å²) >= 11 is 3.41. The highest BCUT2D eigenvalue weighted by atomic mass is 79.9. The second-order valence-corrected chi connectivity index (χ2v) is 5.81. The molecule has 1 amide bonds. The summed E-state index contributed by atoms with van der Waals surface area (Å²) in [5, 5.41) is 14.6. The van der Waals surface area contributed by atoms with E-state index in [-0.39, 0.29) is 12.5 Å². The van der Waals surface area contributed by atoms with Gasteiger partial charge in [-0.3, -0.25) is 4.79 Å². The van der Waals surface area contributed by atoms with Crippen LogP contribution >= 0.6 is 15.9 Å². The predicted octanol–water partition coefficient (Wildman–Crippen LogP) is 3.87. The SMILES string of the molecule is Cc1cc(Br)ccc1NCC(=O)Nc1ccc(CC#N)cc1. The van der Waals surface area contributed by atoms with Crippen LogP contribution in [0.1, 0.15) is 11.1 Å². The van der Waals surface area contributed by atoms with Gasteiger partial charge in [0.15, 0.2) is 0 Å². The number of nitrogens with zero attached hydrogens (tertiary/aromatic N) is 1. The molecule has 0 aliphatic rings. The maximum absolute atomic E-state index is 11.9. The van der Waals surface area contributed by atoms with Crippen molar-refractivity contribution in [2.75, 3.05) is 17.2 Å². The van der Waals surface area contributed by atoms with Crippen molar-refractivity contribution in [3.8, 4) is 6.07 Å². The number of hydrogen-bond donors (Lipinski definition) is 2. The lowest BCUT2D eigenvalue weighted by Crippen LogP contribution is -2.22. The Kier molecular flexibility index (Phi) is 5.56. The van der Waals surface area contributed by atoms with E-state index in [2.05, 4.69) is 32.6 Å². The Morgan fingerprint density at radius 2 is 1.95 bits per heavy atom. The smallest absolute Gasteiger partial charge is 0.243 e. The minimum absolute atomic E-state index is 0.115. The van der Waals surface area contributed by atoms with E-state index in [0.717, 1.165) is 27.0 Å². The number of halogens is 1. The molecular weight excluding hydrogens is 342 g/mol. The molecule has 0 aliphatic carbocycles. The lowest BCUT2D eigenvalue weighted by Gasteiger charge is -2.10. The van der Waals surface area contributed by atoms with Gasteiger partial charge in [0.25, 0.3) is 0 Å². The Balaban J connectivity index is 1.89. The number of aryl methyl sites for hydroxylation is 1. The molecule has 0 aromatic heterocycles. The fourth-order valence-electron chi connectivity index (χ4n) is 2.00. The van der Waals surface area contributed by atoms with Gasteiger partial charge in [0.2, 0.25) is 5.91 Å². The van der Waals surface area contributed by atoms with E-state index in [1.165, 1.54) is 0 Å². The number of anilines is 2. The normalized spacial score (nSPS) is 9.86. The summed E-state index contributed by atoms with van der Waals surface area (Å²) in [5.41, 5.74) is 3.66. The number of nitriles is 1. The molecule has 0 radical (unpaired) electrons. The molecule has 0 bridgehead atoms. The van der Waals surface area contributed by atoms with E-state index < -0.39 is 0 Å². The zero-order chi connectivity index (χ0) is 15.9. The maximum atomic E-state index is 11.9. The third-order valence-electron chi connectivity index (χ3n) is 3.15. The van der Waals surface area contributed by atoms with Gasteiger partial charge in [0, 0.05) is 15.8 Å². The minimum atomic E-state index is -0.115. The first-order valence-corrected chi connectivity index (χ1v) is 7.63. The van der Waals surface area contributed by atoms with Crippen LogP contribution in [-0.4, -0.2) is 12.5 Å². The van der Waals surface area contributed by atoms with Gasteiger partial charge in [-0.1, -0.05) is 28.1 Å². The number of benzene rings is 2. The largest absolute Gasteiger partial charge is 0.376 e. The maximum Gasteiger partial charge on any atom is 0.243 e. The molecule has 22 heavy (non-hydrogen) atoms. The predicted molar refractivity (Wildman–Crippen MR) is 91.8 cm³/mol. The average Bonchev–Trinajstić information content (AvgIpc) is 2.49. The van der Waals surface area contributed by atoms with Crippen LogP contribution in [0.4, 0.5) is 11.4 Å². The van der Waals surface area contributed by atoms with Crippen LogP contribution < -0.4 is 10.6 Å². The van der Waals surface area contributed by atoms with Crippen molar-refractivity contribution in [3.05, 3.63) is 58.1 Å². The van der Waals surface area contributed by atoms with Gasteiger partial charge in [-0.25, -0.2) is 0 Å². The summed E-state index contributed by atoms with van der Waals surface area (Å²) < 4.78 is 1.01. The van der Waals surface area contributed by atoms with Gasteiger partial charge < -0.3 is 10.6 Å². The number of nitrogens with one attached hydrogen (secondary N) is 2. The van der Waals surface area contributed by atoms with Crippen molar-refractivity contribution in [1.82, 2.24) is 0 Å². The van der Waals surface area contributed by atoms with Crippen LogP contribution in [0.2, 0.25) is 0 Å². The third kappa shape index (κ3) is 4.61. The molecule has 4 nitrogen and oxygen atoms in total. The van der Waals surface area contributed by atoms with Crippen molar-refractivity contribution in [2.24, 2.45) is 0 Å². The molecule has 5 heteroatoms. The lowest BCUT2D eigenvalue weighted by molar-refractivity contribution is -0.114. The molecular formula is C17H16BrN3O. The molecule has 112 valence electrons. The summed E-state index contributed by atoms with van der Waals surface area (Å²) in [7, 11) is 0. The zero-order valence-electron chi connectivity index (χ0n) is 12.2. The van der Waals surface area contributed by atoms with Crippen LogP contribution in [0.25, 0.3) is 0 Å². The van der Waals surface area contributed by atoms with Crippen molar-refractivity contribution >= 4 is 33.2 Å². The molecule has 0 aliphatic heterocycles. The Morgan fingerprint density at radius 1 is 1.23 bits per heavy atom. The van der Waals surface area contributed by atoms with E-state index in [9.17, 15) is 4.79 Å². The van der Waals surface area contributed by atoms with E-state index >= 15 is 0 Å². The van der Waals surface area contributed by atoms with Crippen molar-refractivity contribution in [1.29, 1.82) is 5.26 Å². The highest BCUT2D eigenvalue weighted by molar-refractivity contribution is 9.10. The molecule has 2 aromatic carbocycles. The highest BCUT2D eigenvalue weighted by Gasteiger charge is 2.04. The van der Waals surface area contributed by atoms with Crippen molar-refractivity contribution in [2.45, 2.75) is 13.3 Å². The first kappa shape index (κ1) is 16.1. The molecule has 0 heterocycles. The molecule has 2 aromatic rings. The number of hydrogen-bond acceptors (Lipinski definition) is 3. The minimum Gasteiger partial charge on any atom is -0.376 e. The number of amides is 1.